The normalized spacial score (nSPS) is 14.1. The lowest BCUT2D eigenvalue weighted by Gasteiger charge is -2.18. The van der Waals surface area contributed by atoms with Crippen molar-refractivity contribution >= 4 is 38.1 Å². The van der Waals surface area contributed by atoms with Gasteiger partial charge in [0.25, 0.3) is 10.0 Å². The van der Waals surface area contributed by atoms with Crippen molar-refractivity contribution in [2.75, 3.05) is 16.6 Å². The highest BCUT2D eigenvalue weighted by Crippen LogP contribution is 2.29. The van der Waals surface area contributed by atoms with Crippen LogP contribution in [0.25, 0.3) is 0 Å². The van der Waals surface area contributed by atoms with Crippen molar-refractivity contribution in [3.05, 3.63) is 35.0 Å². The van der Waals surface area contributed by atoms with Crippen molar-refractivity contribution < 1.29 is 13.2 Å². The molecule has 7 nitrogen and oxygen atoms in total. The maximum absolute atomic E-state index is 12.6. The molecule has 0 saturated heterocycles. The van der Waals surface area contributed by atoms with Crippen LogP contribution < -0.4 is 15.4 Å². The van der Waals surface area contributed by atoms with Crippen LogP contribution >= 0.6 is 11.3 Å². The van der Waals surface area contributed by atoms with Gasteiger partial charge in [0, 0.05) is 19.2 Å². The van der Waals surface area contributed by atoms with Gasteiger partial charge in [-0.05, 0) is 43.1 Å². The molecule has 1 aromatic heterocycles. The first-order valence-electron chi connectivity index (χ1n) is 7.45. The van der Waals surface area contributed by atoms with Crippen molar-refractivity contribution in [3.8, 4) is 0 Å². The number of hydrogen-bond acceptors (Lipinski definition) is 6. The lowest BCUT2D eigenvalue weighted by molar-refractivity contribution is -0.114. The lowest BCUT2D eigenvalue weighted by Crippen LogP contribution is -2.23. The third-order valence-electron chi connectivity index (χ3n) is 3.63. The average molecular weight is 366 g/mol. The molecule has 0 fully saturated rings. The number of nitrogens with one attached hydrogen (secondary N) is 3. The van der Waals surface area contributed by atoms with Gasteiger partial charge in [-0.3, -0.25) is 9.52 Å². The van der Waals surface area contributed by atoms with Crippen LogP contribution in [0.2, 0.25) is 0 Å². The molecule has 0 aliphatic carbocycles. The zero-order valence-corrected chi connectivity index (χ0v) is 15.0. The van der Waals surface area contributed by atoms with E-state index in [1.165, 1.54) is 12.5 Å². The Kier molecular flexibility index (Phi) is 4.57. The Hall–Kier alpha value is -1.97. The number of aromatic nitrogens is 1. The zero-order valence-electron chi connectivity index (χ0n) is 13.3. The summed E-state index contributed by atoms with van der Waals surface area (Å²) in [5, 5.41) is 6.07. The van der Waals surface area contributed by atoms with E-state index >= 15 is 0 Å². The second-order valence-corrected chi connectivity index (χ2v) is 8.47. The van der Waals surface area contributed by atoms with Crippen LogP contribution in [0.4, 0.5) is 10.8 Å². The van der Waals surface area contributed by atoms with Gasteiger partial charge < -0.3 is 10.6 Å². The molecule has 128 valence electrons. The molecule has 2 heterocycles. The minimum Gasteiger partial charge on any atom is -0.312 e. The number of carbonyl (C=O) groups is 1. The van der Waals surface area contributed by atoms with E-state index < -0.39 is 10.0 Å². The molecule has 2 aromatic rings. The average Bonchev–Trinajstić information content (AvgIpc) is 2.87. The fourth-order valence-corrected chi connectivity index (χ4v) is 5.09. The van der Waals surface area contributed by atoms with Crippen LogP contribution in [-0.4, -0.2) is 25.9 Å². The summed E-state index contributed by atoms with van der Waals surface area (Å²) in [6, 6.07) is 5.56. The lowest BCUT2D eigenvalue weighted by atomic mass is 10.0. The molecular weight excluding hydrogens is 348 g/mol. The van der Waals surface area contributed by atoms with Gasteiger partial charge in [-0.1, -0.05) is 17.4 Å². The van der Waals surface area contributed by atoms with Crippen LogP contribution in [-0.2, 0) is 27.8 Å². The van der Waals surface area contributed by atoms with Gasteiger partial charge in [0.15, 0.2) is 9.34 Å². The van der Waals surface area contributed by atoms with E-state index in [0.29, 0.717) is 11.4 Å². The molecule has 1 aliphatic rings. The molecular formula is C15H18N4O3S2. The van der Waals surface area contributed by atoms with Gasteiger partial charge in [-0.15, -0.1) is 0 Å². The molecule has 3 N–H and O–H groups in total. The Bertz CT molecular complexity index is 890. The fraction of sp³-hybridized carbons (Fsp3) is 0.333. The Morgan fingerprint density at radius 1 is 1.33 bits per heavy atom. The van der Waals surface area contributed by atoms with Crippen molar-refractivity contribution in [2.45, 2.75) is 31.0 Å². The molecule has 3 rings (SSSR count). The summed E-state index contributed by atoms with van der Waals surface area (Å²) >= 11 is 0.939. The van der Waals surface area contributed by atoms with Crippen molar-refractivity contribution in [1.29, 1.82) is 0 Å². The Morgan fingerprint density at radius 2 is 2.12 bits per heavy atom. The van der Waals surface area contributed by atoms with Crippen LogP contribution in [0.15, 0.2) is 22.4 Å². The van der Waals surface area contributed by atoms with Crippen LogP contribution in [0.1, 0.15) is 23.7 Å². The first-order chi connectivity index (χ1) is 11.3. The summed E-state index contributed by atoms with van der Waals surface area (Å²) in [5.74, 6) is -0.288. The zero-order chi connectivity index (χ0) is 17.3. The van der Waals surface area contributed by atoms with Crippen LogP contribution in [0.3, 0.4) is 0 Å². The number of benzene rings is 1. The highest BCUT2D eigenvalue weighted by Gasteiger charge is 2.23. The molecule has 0 radical (unpaired) electrons. The smallest absolute Gasteiger partial charge is 0.273 e. The number of fused-ring (bicyclic) bond motifs is 1. The predicted octanol–water partition coefficient (Wildman–Crippen LogP) is 1.86. The molecule has 1 aromatic carbocycles. The maximum atomic E-state index is 12.6. The van der Waals surface area contributed by atoms with Gasteiger partial charge >= 0.3 is 0 Å². The number of anilines is 2. The minimum absolute atomic E-state index is 0.102. The Morgan fingerprint density at radius 3 is 2.88 bits per heavy atom. The monoisotopic (exact) mass is 366 g/mol. The van der Waals surface area contributed by atoms with E-state index in [1.807, 2.05) is 12.1 Å². The summed E-state index contributed by atoms with van der Waals surface area (Å²) in [5.41, 5.74) is 3.22. The third-order valence-corrected chi connectivity index (χ3v) is 6.69. The van der Waals surface area contributed by atoms with Gasteiger partial charge in [0.2, 0.25) is 5.91 Å². The van der Waals surface area contributed by atoms with E-state index in [2.05, 4.69) is 20.3 Å². The second kappa shape index (κ2) is 6.50. The summed E-state index contributed by atoms with van der Waals surface area (Å²) in [6.45, 7) is 4.65. The number of hydrogen-bond donors (Lipinski definition) is 3. The van der Waals surface area contributed by atoms with Crippen molar-refractivity contribution in [1.82, 2.24) is 10.3 Å². The number of nitrogens with zero attached hydrogens (tertiary/aromatic N) is 1. The Labute approximate surface area is 144 Å². The first kappa shape index (κ1) is 16.9. The molecule has 0 unspecified atom stereocenters. The molecule has 0 bridgehead atoms. The molecule has 9 heteroatoms. The van der Waals surface area contributed by atoms with Gasteiger partial charge in [-0.25, -0.2) is 13.4 Å². The third kappa shape index (κ3) is 3.58. The summed E-state index contributed by atoms with van der Waals surface area (Å²) < 4.78 is 28.0. The van der Waals surface area contributed by atoms with E-state index in [4.69, 9.17) is 0 Å². The summed E-state index contributed by atoms with van der Waals surface area (Å²) in [6.07, 6.45) is 0.872. The van der Waals surface area contributed by atoms with Crippen LogP contribution in [0, 0.1) is 6.92 Å². The highest BCUT2D eigenvalue weighted by atomic mass is 32.2. The number of sulfonamides is 1. The SMILES string of the molecule is CC(=O)Nc1nc(C)c(S(=O)(=O)Nc2ccc3c(c2)CCNC3)s1. The Balaban J connectivity index is 1.86. The molecule has 24 heavy (non-hydrogen) atoms. The standard InChI is InChI=1S/C15H18N4O3S2/c1-9-14(23-15(17-9)18-10(2)20)24(21,22)19-13-4-3-12-8-16-6-5-11(12)7-13/h3-4,7,16,19H,5-6,8H2,1-2H3,(H,17,18,20). The van der Waals surface area contributed by atoms with E-state index in [-0.39, 0.29) is 15.2 Å². The van der Waals surface area contributed by atoms with E-state index in [0.717, 1.165) is 36.4 Å². The highest BCUT2D eigenvalue weighted by molar-refractivity contribution is 7.94. The number of carbonyl (C=O) groups excluding carboxylic acids is 1. The second-order valence-electron chi connectivity index (χ2n) is 5.59. The number of rotatable bonds is 4. The summed E-state index contributed by atoms with van der Waals surface area (Å²) in [7, 11) is -3.75. The van der Waals surface area contributed by atoms with Crippen LogP contribution in [0.5, 0.6) is 0 Å². The van der Waals surface area contributed by atoms with Crippen molar-refractivity contribution in [3.63, 3.8) is 0 Å². The first-order valence-corrected chi connectivity index (χ1v) is 9.75. The van der Waals surface area contributed by atoms with E-state index in [1.54, 1.807) is 13.0 Å². The quantitative estimate of drug-likeness (QED) is 0.767. The number of thiazole rings is 1. The molecule has 0 saturated carbocycles. The largest absolute Gasteiger partial charge is 0.312 e. The van der Waals surface area contributed by atoms with Gasteiger partial charge in [-0.2, -0.15) is 0 Å². The predicted molar refractivity (Wildman–Crippen MR) is 93.8 cm³/mol. The molecule has 0 spiro atoms. The molecule has 0 atom stereocenters. The van der Waals surface area contributed by atoms with Gasteiger partial charge in [0.05, 0.1) is 5.69 Å². The summed E-state index contributed by atoms with van der Waals surface area (Å²) in [4.78, 5) is 15.2. The maximum Gasteiger partial charge on any atom is 0.273 e. The fourth-order valence-electron chi connectivity index (χ4n) is 2.58. The number of aryl methyl sites for hydroxylation is 1. The molecule has 1 amide bonds. The number of amides is 1. The topological polar surface area (TPSA) is 100 Å². The minimum atomic E-state index is -3.75. The van der Waals surface area contributed by atoms with E-state index in [9.17, 15) is 13.2 Å². The van der Waals surface area contributed by atoms with Crippen molar-refractivity contribution in [2.24, 2.45) is 0 Å². The van der Waals surface area contributed by atoms with Gasteiger partial charge in [0.1, 0.15) is 0 Å². The molecule has 1 aliphatic heterocycles.